The zero-order valence-electron chi connectivity index (χ0n) is 12.7. The van der Waals surface area contributed by atoms with Gasteiger partial charge in [-0.15, -0.1) is 34.0 Å². The molecule has 122 valence electrons. The van der Waals surface area contributed by atoms with Crippen molar-refractivity contribution >= 4 is 34.0 Å². The second-order valence-electron chi connectivity index (χ2n) is 4.48. The maximum Gasteiger partial charge on any atom is 0.160 e. The van der Waals surface area contributed by atoms with Crippen molar-refractivity contribution in [3.05, 3.63) is 53.9 Å². The molecular weight excluding hydrogens is 412 g/mol. The fraction of sp³-hybridized carbons (Fsp3) is 0.312. The molecule has 0 saturated carbocycles. The molecule has 1 aromatic heterocycles. The molecule has 0 aliphatic carbocycles. The number of rotatable bonds is 7. The number of pyridine rings is 1. The zero-order valence-corrected chi connectivity index (χ0v) is 16.2. The highest BCUT2D eigenvalue weighted by atomic mass is 79.9. The summed E-state index contributed by atoms with van der Waals surface area (Å²) < 4.78 is 10.5. The molecule has 0 amide bonds. The molecule has 0 aliphatic rings. The Hall–Kier alpha value is -1.11. The van der Waals surface area contributed by atoms with E-state index in [1.807, 2.05) is 24.4 Å². The lowest BCUT2D eigenvalue weighted by Gasteiger charge is -2.10. The van der Waals surface area contributed by atoms with Crippen molar-refractivity contribution in [2.75, 3.05) is 20.8 Å². The number of aromatic nitrogens is 1. The first-order valence-corrected chi connectivity index (χ1v) is 6.64. The summed E-state index contributed by atoms with van der Waals surface area (Å²) >= 11 is 0. The van der Waals surface area contributed by atoms with Gasteiger partial charge in [-0.1, -0.05) is 12.1 Å². The quantitative estimate of drug-likeness (QED) is 0.677. The molecule has 1 N–H and O–H groups in total. The number of methoxy groups -OCH3 is 2. The van der Waals surface area contributed by atoms with Crippen LogP contribution in [-0.4, -0.2) is 25.7 Å². The third-order valence-corrected chi connectivity index (χ3v) is 3.09. The first-order valence-electron chi connectivity index (χ1n) is 6.64. The van der Waals surface area contributed by atoms with Gasteiger partial charge in [0.1, 0.15) is 0 Å². The molecule has 2 aromatic rings. The maximum absolute atomic E-state index is 5.30. The van der Waals surface area contributed by atoms with E-state index in [4.69, 9.17) is 9.47 Å². The van der Waals surface area contributed by atoms with E-state index in [0.717, 1.165) is 31.0 Å². The number of hydrogen-bond acceptors (Lipinski definition) is 4. The van der Waals surface area contributed by atoms with Crippen molar-refractivity contribution < 1.29 is 9.47 Å². The van der Waals surface area contributed by atoms with E-state index in [2.05, 4.69) is 22.4 Å². The summed E-state index contributed by atoms with van der Waals surface area (Å²) in [6, 6.07) is 10.0. The van der Waals surface area contributed by atoms with Crippen molar-refractivity contribution in [3.63, 3.8) is 0 Å². The molecule has 0 atom stereocenters. The van der Waals surface area contributed by atoms with Crippen LogP contribution in [0.5, 0.6) is 11.5 Å². The summed E-state index contributed by atoms with van der Waals surface area (Å²) in [7, 11) is 3.30. The summed E-state index contributed by atoms with van der Waals surface area (Å²) in [4.78, 5) is 4.09. The number of hydrogen-bond donors (Lipinski definition) is 1. The average molecular weight is 434 g/mol. The van der Waals surface area contributed by atoms with Gasteiger partial charge < -0.3 is 14.8 Å². The molecule has 0 spiro atoms. The Morgan fingerprint density at radius 3 is 2.41 bits per heavy atom. The SMILES string of the molecule is Br.Br.COc1ccc(CCNCc2cccnc2)cc1OC. The second kappa shape index (κ2) is 11.5. The minimum atomic E-state index is 0. The lowest BCUT2D eigenvalue weighted by molar-refractivity contribution is 0.354. The van der Waals surface area contributed by atoms with E-state index in [9.17, 15) is 0 Å². The summed E-state index contributed by atoms with van der Waals surface area (Å²) in [5.41, 5.74) is 2.42. The highest BCUT2D eigenvalue weighted by molar-refractivity contribution is 8.93. The van der Waals surface area contributed by atoms with Gasteiger partial charge in [0.2, 0.25) is 0 Å². The van der Waals surface area contributed by atoms with Gasteiger partial charge in [0.25, 0.3) is 0 Å². The van der Waals surface area contributed by atoms with Gasteiger partial charge >= 0.3 is 0 Å². The molecule has 2 rings (SSSR count). The van der Waals surface area contributed by atoms with Crippen LogP contribution < -0.4 is 14.8 Å². The standard InChI is InChI=1S/C16H20N2O2.2BrH/c1-19-15-6-5-13(10-16(15)20-2)7-9-18-12-14-4-3-8-17-11-14;;/h3-6,8,10-11,18H,7,9,12H2,1-2H3;2*1H. The zero-order chi connectivity index (χ0) is 14.2. The Labute approximate surface area is 152 Å². The van der Waals surface area contributed by atoms with Gasteiger partial charge in [-0.3, -0.25) is 4.98 Å². The number of nitrogens with one attached hydrogen (secondary N) is 1. The predicted molar refractivity (Wildman–Crippen MR) is 99.8 cm³/mol. The summed E-state index contributed by atoms with van der Waals surface area (Å²) in [6.07, 6.45) is 4.61. The summed E-state index contributed by atoms with van der Waals surface area (Å²) in [6.45, 7) is 1.74. The normalized spacial score (nSPS) is 9.36. The van der Waals surface area contributed by atoms with E-state index < -0.39 is 0 Å². The molecule has 1 heterocycles. The monoisotopic (exact) mass is 432 g/mol. The van der Waals surface area contributed by atoms with Crippen molar-refractivity contribution in [1.82, 2.24) is 10.3 Å². The van der Waals surface area contributed by atoms with E-state index >= 15 is 0 Å². The number of benzene rings is 1. The van der Waals surface area contributed by atoms with Crippen molar-refractivity contribution in [2.45, 2.75) is 13.0 Å². The van der Waals surface area contributed by atoms with Crippen molar-refractivity contribution in [2.24, 2.45) is 0 Å². The molecule has 0 unspecified atom stereocenters. The minimum absolute atomic E-state index is 0. The Balaban J connectivity index is 0.00000220. The molecule has 6 heteroatoms. The van der Waals surface area contributed by atoms with E-state index in [1.54, 1.807) is 20.4 Å². The summed E-state index contributed by atoms with van der Waals surface area (Å²) in [5, 5.41) is 3.40. The van der Waals surface area contributed by atoms with Gasteiger partial charge in [0, 0.05) is 18.9 Å². The van der Waals surface area contributed by atoms with Gasteiger partial charge in [-0.25, -0.2) is 0 Å². The van der Waals surface area contributed by atoms with Gasteiger partial charge in [0.05, 0.1) is 14.2 Å². The van der Waals surface area contributed by atoms with Crippen molar-refractivity contribution in [3.8, 4) is 11.5 Å². The molecule has 1 aromatic carbocycles. The van der Waals surface area contributed by atoms with Crippen LogP contribution in [0.25, 0.3) is 0 Å². The van der Waals surface area contributed by atoms with Crippen LogP contribution in [0.1, 0.15) is 11.1 Å². The van der Waals surface area contributed by atoms with E-state index in [0.29, 0.717) is 0 Å². The number of nitrogens with zero attached hydrogens (tertiary/aromatic N) is 1. The maximum atomic E-state index is 5.30. The van der Waals surface area contributed by atoms with Crippen LogP contribution in [0, 0.1) is 0 Å². The molecule has 0 saturated heterocycles. The fourth-order valence-corrected chi connectivity index (χ4v) is 2.00. The Morgan fingerprint density at radius 1 is 1.00 bits per heavy atom. The topological polar surface area (TPSA) is 43.4 Å². The lowest BCUT2D eigenvalue weighted by atomic mass is 10.1. The second-order valence-corrected chi connectivity index (χ2v) is 4.48. The Kier molecular flexibility index (Phi) is 10.9. The average Bonchev–Trinajstić information content (AvgIpc) is 2.52. The molecule has 0 bridgehead atoms. The van der Waals surface area contributed by atoms with Crippen LogP contribution in [-0.2, 0) is 13.0 Å². The van der Waals surface area contributed by atoms with Crippen molar-refractivity contribution in [1.29, 1.82) is 0 Å². The Bertz CT molecular complexity index is 539. The molecule has 22 heavy (non-hydrogen) atoms. The molecule has 0 fully saturated rings. The molecule has 4 nitrogen and oxygen atoms in total. The van der Waals surface area contributed by atoms with Crippen LogP contribution in [0.15, 0.2) is 42.7 Å². The van der Waals surface area contributed by atoms with Gasteiger partial charge in [-0.2, -0.15) is 0 Å². The molecule has 0 radical (unpaired) electrons. The predicted octanol–water partition coefficient (Wildman–Crippen LogP) is 3.59. The third kappa shape index (κ3) is 6.34. The highest BCUT2D eigenvalue weighted by Gasteiger charge is 2.04. The van der Waals surface area contributed by atoms with Crippen LogP contribution in [0.2, 0.25) is 0 Å². The smallest absolute Gasteiger partial charge is 0.160 e. The molecule has 0 aliphatic heterocycles. The largest absolute Gasteiger partial charge is 0.493 e. The number of ether oxygens (including phenoxy) is 2. The van der Waals surface area contributed by atoms with Gasteiger partial charge in [-0.05, 0) is 42.3 Å². The fourth-order valence-electron chi connectivity index (χ4n) is 2.00. The van der Waals surface area contributed by atoms with Crippen LogP contribution in [0.3, 0.4) is 0 Å². The van der Waals surface area contributed by atoms with Crippen LogP contribution >= 0.6 is 34.0 Å². The summed E-state index contributed by atoms with van der Waals surface area (Å²) in [5.74, 6) is 1.54. The first kappa shape index (κ1) is 20.9. The third-order valence-electron chi connectivity index (χ3n) is 3.09. The molecular formula is C16H22Br2N2O2. The lowest BCUT2D eigenvalue weighted by Crippen LogP contribution is -2.16. The minimum Gasteiger partial charge on any atom is -0.493 e. The number of halogens is 2. The van der Waals surface area contributed by atoms with E-state index in [1.165, 1.54) is 11.1 Å². The Morgan fingerprint density at radius 2 is 1.77 bits per heavy atom. The first-order chi connectivity index (χ1) is 9.83. The van der Waals surface area contributed by atoms with Gasteiger partial charge in [0.15, 0.2) is 11.5 Å². The van der Waals surface area contributed by atoms with Crippen LogP contribution in [0.4, 0.5) is 0 Å². The highest BCUT2D eigenvalue weighted by Crippen LogP contribution is 2.27. The van der Waals surface area contributed by atoms with E-state index in [-0.39, 0.29) is 34.0 Å².